The van der Waals surface area contributed by atoms with Crippen molar-refractivity contribution in [3.63, 3.8) is 0 Å². The fourth-order valence-corrected chi connectivity index (χ4v) is 2.73. The molecule has 0 aromatic heterocycles. The maximum absolute atomic E-state index is 5.84. The Labute approximate surface area is 103 Å². The molecule has 0 amide bonds. The van der Waals surface area contributed by atoms with Crippen molar-refractivity contribution in [2.45, 2.75) is 19.3 Å². The molecule has 17 heavy (non-hydrogen) atoms. The average Bonchev–Trinajstić information content (AvgIpc) is 2.64. The van der Waals surface area contributed by atoms with E-state index in [4.69, 9.17) is 4.74 Å². The molecule has 1 fully saturated rings. The van der Waals surface area contributed by atoms with Crippen molar-refractivity contribution >= 4 is 5.69 Å². The van der Waals surface area contributed by atoms with E-state index in [1.807, 2.05) is 0 Å². The molecule has 0 bridgehead atoms. The van der Waals surface area contributed by atoms with Crippen LogP contribution in [0.4, 0.5) is 5.69 Å². The summed E-state index contributed by atoms with van der Waals surface area (Å²) in [6.45, 7) is 5.26. The van der Waals surface area contributed by atoms with Gasteiger partial charge in [0.2, 0.25) is 0 Å². The summed E-state index contributed by atoms with van der Waals surface area (Å²) in [6, 6.07) is 6.49. The molecule has 0 saturated carbocycles. The Morgan fingerprint density at radius 2 is 2.00 bits per heavy atom. The van der Waals surface area contributed by atoms with Crippen LogP contribution in [0.5, 0.6) is 5.75 Å². The van der Waals surface area contributed by atoms with Gasteiger partial charge in [-0.05, 0) is 31.4 Å². The molecule has 92 valence electrons. The Hall–Kier alpha value is -1.22. The summed E-state index contributed by atoms with van der Waals surface area (Å²) < 4.78 is 5.84. The number of benzene rings is 1. The fraction of sp³-hybridized carbons (Fsp3) is 0.571. The molecule has 0 radical (unpaired) electrons. The third-order valence-corrected chi connectivity index (χ3v) is 3.64. The molecule has 0 atom stereocenters. The molecule has 3 heteroatoms. The predicted octanol–water partition coefficient (Wildman–Crippen LogP) is 1.81. The third-order valence-electron chi connectivity index (χ3n) is 3.64. The number of piperazine rings is 1. The molecule has 0 unspecified atom stereocenters. The van der Waals surface area contributed by atoms with Gasteiger partial charge in [-0.15, -0.1) is 0 Å². The molecule has 2 aliphatic heterocycles. The molecule has 1 aromatic carbocycles. The molecule has 0 spiro atoms. The van der Waals surface area contributed by atoms with Crippen LogP contribution < -0.4 is 15.0 Å². The van der Waals surface area contributed by atoms with Gasteiger partial charge >= 0.3 is 0 Å². The zero-order chi connectivity index (χ0) is 11.5. The standard InChI is InChI=1S/C14H20N2O/c1-2-11-17-14-6-3-5-13(12(14)4-1)16-9-7-15-8-10-16/h3,5-6,15H,1-2,4,7-11H2. The molecule has 1 N–H and O–H groups in total. The van der Waals surface area contributed by atoms with Crippen molar-refractivity contribution in [3.05, 3.63) is 23.8 Å². The smallest absolute Gasteiger partial charge is 0.124 e. The van der Waals surface area contributed by atoms with Gasteiger partial charge in [-0.2, -0.15) is 0 Å². The Kier molecular flexibility index (Phi) is 3.18. The van der Waals surface area contributed by atoms with Gasteiger partial charge in [-0.25, -0.2) is 0 Å². The molecule has 3 rings (SSSR count). The lowest BCUT2D eigenvalue weighted by molar-refractivity contribution is 0.317. The van der Waals surface area contributed by atoms with Gasteiger partial charge in [-0.3, -0.25) is 0 Å². The maximum Gasteiger partial charge on any atom is 0.124 e. The van der Waals surface area contributed by atoms with Gasteiger partial charge in [0.05, 0.1) is 6.61 Å². The van der Waals surface area contributed by atoms with Gasteiger partial charge in [0.1, 0.15) is 5.75 Å². The Bertz CT molecular complexity index is 386. The number of hydrogen-bond donors (Lipinski definition) is 1. The van der Waals surface area contributed by atoms with Crippen LogP contribution in [0.3, 0.4) is 0 Å². The number of rotatable bonds is 1. The maximum atomic E-state index is 5.84. The van der Waals surface area contributed by atoms with Crippen molar-refractivity contribution in [2.75, 3.05) is 37.7 Å². The first-order chi connectivity index (χ1) is 8.45. The topological polar surface area (TPSA) is 24.5 Å². The number of anilines is 1. The first kappa shape index (κ1) is 10.9. The van der Waals surface area contributed by atoms with Crippen LogP contribution in [0.15, 0.2) is 18.2 Å². The SMILES string of the molecule is c1cc2c(c(N3CCNCC3)c1)CCCCO2. The molecule has 2 aliphatic rings. The van der Waals surface area contributed by atoms with Crippen LogP contribution in [-0.2, 0) is 6.42 Å². The summed E-state index contributed by atoms with van der Waals surface area (Å²) in [7, 11) is 0. The summed E-state index contributed by atoms with van der Waals surface area (Å²) >= 11 is 0. The lowest BCUT2D eigenvalue weighted by atomic mass is 10.0. The molecule has 2 heterocycles. The van der Waals surface area contributed by atoms with Gasteiger partial charge in [0, 0.05) is 37.4 Å². The van der Waals surface area contributed by atoms with E-state index in [1.54, 1.807) is 0 Å². The van der Waals surface area contributed by atoms with E-state index in [-0.39, 0.29) is 0 Å². The number of nitrogens with one attached hydrogen (secondary N) is 1. The average molecular weight is 232 g/mol. The zero-order valence-corrected chi connectivity index (χ0v) is 10.2. The van der Waals surface area contributed by atoms with Crippen LogP contribution in [0, 0.1) is 0 Å². The van der Waals surface area contributed by atoms with Crippen LogP contribution in [0.2, 0.25) is 0 Å². The minimum Gasteiger partial charge on any atom is -0.493 e. The molecular weight excluding hydrogens is 212 g/mol. The molecule has 3 nitrogen and oxygen atoms in total. The highest BCUT2D eigenvalue weighted by Crippen LogP contribution is 2.33. The van der Waals surface area contributed by atoms with Crippen LogP contribution in [0.25, 0.3) is 0 Å². The minimum atomic E-state index is 0.873. The van der Waals surface area contributed by atoms with Gasteiger partial charge < -0.3 is 15.0 Å². The Balaban J connectivity index is 1.92. The van der Waals surface area contributed by atoms with E-state index in [1.165, 1.54) is 24.1 Å². The van der Waals surface area contributed by atoms with Crippen molar-refractivity contribution in [1.82, 2.24) is 5.32 Å². The van der Waals surface area contributed by atoms with Crippen LogP contribution >= 0.6 is 0 Å². The summed E-state index contributed by atoms with van der Waals surface area (Å²) in [4.78, 5) is 2.49. The molecule has 1 aromatic rings. The summed E-state index contributed by atoms with van der Waals surface area (Å²) in [6.07, 6.45) is 3.58. The lowest BCUT2D eigenvalue weighted by Crippen LogP contribution is -2.43. The van der Waals surface area contributed by atoms with E-state index in [0.717, 1.165) is 45.0 Å². The van der Waals surface area contributed by atoms with E-state index < -0.39 is 0 Å². The second-order valence-corrected chi connectivity index (χ2v) is 4.80. The normalized spacial score (nSPS) is 20.4. The van der Waals surface area contributed by atoms with Crippen molar-refractivity contribution < 1.29 is 4.74 Å². The highest BCUT2D eigenvalue weighted by molar-refractivity contribution is 5.60. The summed E-state index contributed by atoms with van der Waals surface area (Å²) in [5.41, 5.74) is 2.82. The summed E-state index contributed by atoms with van der Waals surface area (Å²) in [5, 5.41) is 3.40. The highest BCUT2D eigenvalue weighted by Gasteiger charge is 2.18. The first-order valence-corrected chi connectivity index (χ1v) is 6.65. The molecular formula is C14H20N2O. The second kappa shape index (κ2) is 4.96. The van der Waals surface area contributed by atoms with Crippen LogP contribution in [0.1, 0.15) is 18.4 Å². The Morgan fingerprint density at radius 1 is 1.12 bits per heavy atom. The Morgan fingerprint density at radius 3 is 2.88 bits per heavy atom. The van der Waals surface area contributed by atoms with Gasteiger partial charge in [0.15, 0.2) is 0 Å². The fourth-order valence-electron chi connectivity index (χ4n) is 2.73. The van der Waals surface area contributed by atoms with Crippen molar-refractivity contribution in [3.8, 4) is 5.75 Å². The van der Waals surface area contributed by atoms with Crippen LogP contribution in [-0.4, -0.2) is 32.8 Å². The quantitative estimate of drug-likeness (QED) is 0.799. The number of hydrogen-bond acceptors (Lipinski definition) is 3. The predicted molar refractivity (Wildman–Crippen MR) is 70.0 cm³/mol. The number of fused-ring (bicyclic) bond motifs is 1. The number of nitrogens with zero attached hydrogens (tertiary/aromatic N) is 1. The highest BCUT2D eigenvalue weighted by atomic mass is 16.5. The molecule has 1 saturated heterocycles. The van der Waals surface area contributed by atoms with E-state index >= 15 is 0 Å². The lowest BCUT2D eigenvalue weighted by Gasteiger charge is -2.31. The molecule has 0 aliphatic carbocycles. The van der Waals surface area contributed by atoms with E-state index in [2.05, 4.69) is 28.4 Å². The number of ether oxygens (including phenoxy) is 1. The zero-order valence-electron chi connectivity index (χ0n) is 10.2. The second-order valence-electron chi connectivity index (χ2n) is 4.80. The van der Waals surface area contributed by atoms with Crippen molar-refractivity contribution in [1.29, 1.82) is 0 Å². The van der Waals surface area contributed by atoms with E-state index in [9.17, 15) is 0 Å². The van der Waals surface area contributed by atoms with Gasteiger partial charge in [0.25, 0.3) is 0 Å². The van der Waals surface area contributed by atoms with Crippen molar-refractivity contribution in [2.24, 2.45) is 0 Å². The minimum absolute atomic E-state index is 0.873. The largest absolute Gasteiger partial charge is 0.493 e. The first-order valence-electron chi connectivity index (χ1n) is 6.65. The third kappa shape index (κ3) is 2.25. The van der Waals surface area contributed by atoms with Gasteiger partial charge in [-0.1, -0.05) is 6.07 Å². The van der Waals surface area contributed by atoms with E-state index in [0.29, 0.717) is 0 Å². The summed E-state index contributed by atoms with van der Waals surface area (Å²) in [5.74, 6) is 1.11. The monoisotopic (exact) mass is 232 g/mol.